The molecule has 0 radical (unpaired) electrons. The van der Waals surface area contributed by atoms with Crippen LogP contribution in [0.25, 0.3) is 10.6 Å². The van der Waals surface area contributed by atoms with Crippen LogP contribution in [0.2, 0.25) is 0 Å². The second-order valence-electron chi connectivity index (χ2n) is 8.00. The number of carbonyl (C=O) groups is 2. The molecule has 0 saturated carbocycles. The summed E-state index contributed by atoms with van der Waals surface area (Å²) in [4.78, 5) is 25.4. The monoisotopic (exact) mass is 501 g/mol. The number of rotatable bonds is 6. The van der Waals surface area contributed by atoms with E-state index in [9.17, 15) is 9.59 Å². The van der Waals surface area contributed by atoms with Crippen LogP contribution in [-0.2, 0) is 11.2 Å². The van der Waals surface area contributed by atoms with Crippen LogP contribution in [0.5, 0.6) is 0 Å². The number of nitrogens with zero attached hydrogens (tertiary/aromatic N) is 2. The van der Waals surface area contributed by atoms with E-state index in [2.05, 4.69) is 42.1 Å². The van der Waals surface area contributed by atoms with Gasteiger partial charge in [-0.15, -0.1) is 10.2 Å². The molecule has 31 heavy (non-hydrogen) atoms. The number of halogens is 1. The summed E-state index contributed by atoms with van der Waals surface area (Å²) in [7, 11) is 0. The minimum atomic E-state index is -0.773. The van der Waals surface area contributed by atoms with Crippen LogP contribution in [0, 0.1) is 0 Å². The second-order valence-corrected chi connectivity index (χ2v) is 9.89. The molecule has 0 saturated heterocycles. The lowest BCUT2D eigenvalue weighted by molar-refractivity contribution is -0.117. The SMILES string of the molecule is CC(C)(C)NC(=O)NC(Cc1ccccc1)C(=O)Nc1nnc(-c2ccc(Br)cc2)s1. The summed E-state index contributed by atoms with van der Waals surface area (Å²) >= 11 is 4.68. The van der Waals surface area contributed by atoms with E-state index in [1.54, 1.807) is 0 Å². The molecular formula is C22H24BrN5O2S. The molecule has 1 atom stereocenters. The van der Waals surface area contributed by atoms with Crippen molar-refractivity contribution in [1.29, 1.82) is 0 Å². The molecule has 1 heterocycles. The van der Waals surface area contributed by atoms with Gasteiger partial charge in [-0.3, -0.25) is 10.1 Å². The third kappa shape index (κ3) is 7.15. The fraction of sp³-hybridized carbons (Fsp3) is 0.273. The highest BCUT2D eigenvalue weighted by Gasteiger charge is 2.24. The fourth-order valence-corrected chi connectivity index (χ4v) is 3.79. The van der Waals surface area contributed by atoms with Crippen molar-refractivity contribution in [2.24, 2.45) is 0 Å². The number of carbonyl (C=O) groups excluding carboxylic acids is 2. The first kappa shape index (κ1) is 22.9. The lowest BCUT2D eigenvalue weighted by Crippen LogP contribution is -2.53. The second kappa shape index (κ2) is 10.0. The van der Waals surface area contributed by atoms with Gasteiger partial charge in [0.1, 0.15) is 11.0 Å². The summed E-state index contributed by atoms with van der Waals surface area (Å²) in [5.74, 6) is -0.355. The fourth-order valence-electron chi connectivity index (χ4n) is 2.77. The van der Waals surface area contributed by atoms with E-state index < -0.39 is 17.6 Å². The summed E-state index contributed by atoms with van der Waals surface area (Å²) < 4.78 is 0.970. The Balaban J connectivity index is 1.73. The molecule has 0 aliphatic rings. The number of benzene rings is 2. The van der Waals surface area contributed by atoms with Gasteiger partial charge in [-0.2, -0.15) is 0 Å². The highest BCUT2D eigenvalue weighted by Crippen LogP contribution is 2.27. The first-order chi connectivity index (χ1) is 14.7. The average molecular weight is 502 g/mol. The van der Waals surface area contributed by atoms with Crippen LogP contribution < -0.4 is 16.0 Å². The third-order valence-electron chi connectivity index (χ3n) is 4.14. The van der Waals surface area contributed by atoms with Gasteiger partial charge in [-0.25, -0.2) is 4.79 Å². The van der Waals surface area contributed by atoms with Gasteiger partial charge in [0, 0.05) is 22.0 Å². The molecule has 2 aromatic carbocycles. The van der Waals surface area contributed by atoms with Crippen LogP contribution in [0.1, 0.15) is 26.3 Å². The number of hydrogen-bond donors (Lipinski definition) is 3. The first-order valence-corrected chi connectivity index (χ1v) is 11.3. The van der Waals surface area contributed by atoms with Crippen LogP contribution in [-0.4, -0.2) is 33.7 Å². The summed E-state index contributed by atoms with van der Waals surface area (Å²) in [6.07, 6.45) is 0.350. The number of urea groups is 1. The molecule has 9 heteroatoms. The van der Waals surface area contributed by atoms with Crippen LogP contribution in [0.3, 0.4) is 0 Å². The minimum Gasteiger partial charge on any atom is -0.334 e. The van der Waals surface area contributed by atoms with Crippen molar-refractivity contribution in [2.45, 2.75) is 38.8 Å². The zero-order valence-corrected chi connectivity index (χ0v) is 19.9. The van der Waals surface area contributed by atoms with Crippen molar-refractivity contribution in [1.82, 2.24) is 20.8 Å². The van der Waals surface area contributed by atoms with E-state index in [1.807, 2.05) is 75.4 Å². The van der Waals surface area contributed by atoms with Crippen LogP contribution in [0.4, 0.5) is 9.93 Å². The van der Waals surface area contributed by atoms with Crippen molar-refractivity contribution in [3.63, 3.8) is 0 Å². The van der Waals surface area contributed by atoms with Crippen molar-refractivity contribution in [3.05, 3.63) is 64.6 Å². The lowest BCUT2D eigenvalue weighted by atomic mass is 10.1. The number of amides is 3. The smallest absolute Gasteiger partial charge is 0.315 e. The molecule has 162 valence electrons. The molecule has 3 rings (SSSR count). The van der Waals surface area contributed by atoms with Crippen LogP contribution >= 0.6 is 27.3 Å². The molecule has 0 aliphatic heterocycles. The van der Waals surface area contributed by atoms with Crippen LogP contribution in [0.15, 0.2) is 59.1 Å². The topological polar surface area (TPSA) is 96.0 Å². The molecule has 0 spiro atoms. The van der Waals surface area contributed by atoms with E-state index in [0.717, 1.165) is 15.6 Å². The Morgan fingerprint density at radius 3 is 2.35 bits per heavy atom. The molecular weight excluding hydrogens is 478 g/mol. The summed E-state index contributed by atoms with van der Waals surface area (Å²) in [6.45, 7) is 5.64. The zero-order valence-electron chi connectivity index (χ0n) is 17.5. The molecule has 1 aromatic heterocycles. The van der Waals surface area contributed by atoms with E-state index >= 15 is 0 Å². The Kier molecular flexibility index (Phi) is 7.40. The van der Waals surface area contributed by atoms with E-state index in [0.29, 0.717) is 16.6 Å². The largest absolute Gasteiger partial charge is 0.334 e. The lowest BCUT2D eigenvalue weighted by Gasteiger charge is -2.24. The van der Waals surface area contributed by atoms with Crippen molar-refractivity contribution < 1.29 is 9.59 Å². The third-order valence-corrected chi connectivity index (χ3v) is 5.56. The Labute approximate surface area is 193 Å². The Hall–Kier alpha value is -2.78. The van der Waals surface area contributed by atoms with Crippen molar-refractivity contribution >= 4 is 44.3 Å². The van der Waals surface area contributed by atoms with Gasteiger partial charge in [0.25, 0.3) is 0 Å². The zero-order chi connectivity index (χ0) is 22.4. The number of nitrogens with one attached hydrogen (secondary N) is 3. The van der Waals surface area contributed by atoms with Crippen molar-refractivity contribution in [2.75, 3.05) is 5.32 Å². The molecule has 0 bridgehead atoms. The van der Waals surface area contributed by atoms with E-state index in [1.165, 1.54) is 11.3 Å². The summed E-state index contributed by atoms with van der Waals surface area (Å²) in [5.41, 5.74) is 1.42. The predicted octanol–water partition coefficient (Wildman–Crippen LogP) is 4.62. The number of anilines is 1. The van der Waals surface area contributed by atoms with Gasteiger partial charge in [0.05, 0.1) is 0 Å². The molecule has 3 aromatic rings. The highest BCUT2D eigenvalue weighted by molar-refractivity contribution is 9.10. The normalized spacial score (nSPS) is 12.1. The standard InChI is InChI=1S/C22H24BrN5O2S/c1-22(2,3)26-20(30)24-17(13-14-7-5-4-6-8-14)18(29)25-21-28-27-19(31-21)15-9-11-16(23)12-10-15/h4-12,17H,13H2,1-3H3,(H2,24,26,30)(H,25,28,29). The molecule has 0 aliphatic carbocycles. The first-order valence-electron chi connectivity index (χ1n) is 9.72. The summed E-state index contributed by atoms with van der Waals surface area (Å²) in [6, 6.07) is 16.0. The summed E-state index contributed by atoms with van der Waals surface area (Å²) in [5, 5.41) is 17.7. The average Bonchev–Trinajstić information content (AvgIpc) is 3.16. The molecule has 0 fully saturated rings. The van der Waals surface area contributed by atoms with Gasteiger partial charge in [0.2, 0.25) is 11.0 Å². The van der Waals surface area contributed by atoms with E-state index in [4.69, 9.17) is 0 Å². The van der Waals surface area contributed by atoms with Crippen molar-refractivity contribution in [3.8, 4) is 10.6 Å². The van der Waals surface area contributed by atoms with Gasteiger partial charge in [0.15, 0.2) is 0 Å². The predicted molar refractivity (Wildman–Crippen MR) is 127 cm³/mol. The van der Waals surface area contributed by atoms with Gasteiger partial charge >= 0.3 is 6.03 Å². The highest BCUT2D eigenvalue weighted by atomic mass is 79.9. The maximum absolute atomic E-state index is 13.0. The number of aromatic nitrogens is 2. The minimum absolute atomic E-state index is 0.350. The quantitative estimate of drug-likeness (QED) is 0.459. The molecule has 7 nitrogen and oxygen atoms in total. The van der Waals surface area contributed by atoms with Gasteiger partial charge in [-0.1, -0.05) is 69.7 Å². The number of hydrogen-bond acceptors (Lipinski definition) is 5. The molecule has 3 N–H and O–H groups in total. The maximum atomic E-state index is 13.0. The Bertz CT molecular complexity index is 1030. The van der Waals surface area contributed by atoms with Gasteiger partial charge < -0.3 is 10.6 Å². The maximum Gasteiger partial charge on any atom is 0.315 e. The molecule has 1 unspecified atom stereocenters. The Morgan fingerprint density at radius 1 is 1.03 bits per heavy atom. The van der Waals surface area contributed by atoms with E-state index in [-0.39, 0.29) is 5.91 Å². The van der Waals surface area contributed by atoms with Gasteiger partial charge in [-0.05, 0) is 38.5 Å². The Morgan fingerprint density at radius 2 is 1.71 bits per heavy atom. The molecule has 3 amide bonds.